The third-order valence-corrected chi connectivity index (χ3v) is 4.28. The van der Waals surface area contributed by atoms with Crippen molar-refractivity contribution in [2.45, 2.75) is 19.4 Å². The summed E-state index contributed by atoms with van der Waals surface area (Å²) in [6.07, 6.45) is 0.797. The van der Waals surface area contributed by atoms with Crippen LogP contribution in [0.1, 0.15) is 25.0 Å². The molecule has 0 spiro atoms. The Kier molecular flexibility index (Phi) is 5.49. The van der Waals surface area contributed by atoms with Crippen LogP contribution in [-0.4, -0.2) is 16.6 Å². The molecule has 2 rings (SSSR count). The van der Waals surface area contributed by atoms with Gasteiger partial charge >= 0.3 is 0 Å². The Bertz CT molecular complexity index is 478. The molecule has 0 fully saturated rings. The number of aliphatic hydroxyl groups excluding tert-OH is 1. The standard InChI is InChI=1S/C17H20OS/c1-2-12-19-13-17(18)16-10-8-15(9-11-16)14-6-4-3-5-7-14/h3-11,17-18H,2,12-13H2,1H3. The summed E-state index contributed by atoms with van der Waals surface area (Å²) in [5.74, 6) is 1.89. The molecule has 1 unspecified atom stereocenters. The number of aliphatic hydroxyl groups is 1. The predicted molar refractivity (Wildman–Crippen MR) is 84.5 cm³/mol. The van der Waals surface area contributed by atoms with Gasteiger partial charge in [-0.1, -0.05) is 61.5 Å². The maximum Gasteiger partial charge on any atom is 0.0880 e. The molecule has 2 aromatic rings. The SMILES string of the molecule is CCCSCC(O)c1ccc(-c2ccccc2)cc1. The average molecular weight is 272 g/mol. The predicted octanol–water partition coefficient (Wildman–Crippen LogP) is 4.53. The first-order valence-corrected chi connectivity index (χ1v) is 7.88. The van der Waals surface area contributed by atoms with E-state index in [1.807, 2.05) is 30.3 Å². The molecule has 0 saturated carbocycles. The molecule has 0 aliphatic carbocycles. The van der Waals surface area contributed by atoms with E-state index in [1.165, 1.54) is 11.1 Å². The van der Waals surface area contributed by atoms with E-state index in [0.29, 0.717) is 0 Å². The lowest BCUT2D eigenvalue weighted by Gasteiger charge is -2.11. The molecule has 0 aromatic heterocycles. The molecule has 2 aromatic carbocycles. The Hall–Kier alpha value is -1.25. The van der Waals surface area contributed by atoms with Crippen LogP contribution < -0.4 is 0 Å². The first-order chi connectivity index (χ1) is 9.31. The molecule has 2 heteroatoms. The third kappa shape index (κ3) is 4.12. The molecule has 19 heavy (non-hydrogen) atoms. The number of hydrogen-bond donors (Lipinski definition) is 1. The van der Waals surface area contributed by atoms with Gasteiger partial charge in [-0.2, -0.15) is 11.8 Å². The summed E-state index contributed by atoms with van der Waals surface area (Å²) < 4.78 is 0. The first kappa shape index (κ1) is 14.2. The lowest BCUT2D eigenvalue weighted by Crippen LogP contribution is -2.00. The minimum atomic E-state index is -0.360. The highest BCUT2D eigenvalue weighted by atomic mass is 32.2. The topological polar surface area (TPSA) is 20.2 Å². The number of benzene rings is 2. The van der Waals surface area contributed by atoms with E-state index in [0.717, 1.165) is 23.5 Å². The van der Waals surface area contributed by atoms with Gasteiger partial charge in [0.15, 0.2) is 0 Å². The van der Waals surface area contributed by atoms with E-state index in [4.69, 9.17) is 0 Å². The van der Waals surface area contributed by atoms with Gasteiger partial charge < -0.3 is 5.11 Å². The van der Waals surface area contributed by atoms with Crippen LogP contribution in [-0.2, 0) is 0 Å². The van der Waals surface area contributed by atoms with E-state index in [1.54, 1.807) is 11.8 Å². The highest BCUT2D eigenvalue weighted by Gasteiger charge is 2.07. The summed E-state index contributed by atoms with van der Waals surface area (Å²) in [7, 11) is 0. The van der Waals surface area contributed by atoms with Gasteiger partial charge in [-0.3, -0.25) is 0 Å². The lowest BCUT2D eigenvalue weighted by atomic mass is 10.0. The highest BCUT2D eigenvalue weighted by molar-refractivity contribution is 7.99. The van der Waals surface area contributed by atoms with Gasteiger partial charge in [-0.15, -0.1) is 0 Å². The van der Waals surface area contributed by atoms with E-state index >= 15 is 0 Å². The maximum absolute atomic E-state index is 10.1. The molecular weight excluding hydrogens is 252 g/mol. The van der Waals surface area contributed by atoms with E-state index < -0.39 is 0 Å². The third-order valence-electron chi connectivity index (χ3n) is 3.03. The monoisotopic (exact) mass is 272 g/mol. The average Bonchev–Trinajstić information content (AvgIpc) is 2.48. The van der Waals surface area contributed by atoms with Crippen molar-refractivity contribution in [3.63, 3.8) is 0 Å². The van der Waals surface area contributed by atoms with Crippen molar-refractivity contribution in [3.05, 3.63) is 60.2 Å². The van der Waals surface area contributed by atoms with E-state index in [-0.39, 0.29) is 6.10 Å². The molecule has 0 heterocycles. The van der Waals surface area contributed by atoms with Crippen LogP contribution in [0, 0.1) is 0 Å². The number of rotatable bonds is 6. The van der Waals surface area contributed by atoms with Gasteiger partial charge in [0.1, 0.15) is 0 Å². The molecule has 0 saturated heterocycles. The van der Waals surface area contributed by atoms with Crippen molar-refractivity contribution in [2.24, 2.45) is 0 Å². The second kappa shape index (κ2) is 7.37. The Balaban J connectivity index is 2.02. The fourth-order valence-corrected chi connectivity index (χ4v) is 2.83. The van der Waals surface area contributed by atoms with Gasteiger partial charge in [-0.05, 0) is 28.9 Å². The molecule has 1 nitrogen and oxygen atoms in total. The fraction of sp³-hybridized carbons (Fsp3) is 0.294. The minimum absolute atomic E-state index is 0.360. The molecule has 0 radical (unpaired) electrons. The molecule has 100 valence electrons. The second-order valence-corrected chi connectivity index (χ2v) is 5.73. The minimum Gasteiger partial charge on any atom is -0.388 e. The molecule has 1 N–H and O–H groups in total. The molecular formula is C17H20OS. The van der Waals surface area contributed by atoms with Crippen molar-refractivity contribution in [1.82, 2.24) is 0 Å². The van der Waals surface area contributed by atoms with Gasteiger partial charge in [0.2, 0.25) is 0 Å². The fourth-order valence-electron chi connectivity index (χ4n) is 1.96. The Labute approximate surface area is 119 Å². The summed E-state index contributed by atoms with van der Waals surface area (Å²) in [6, 6.07) is 18.5. The van der Waals surface area contributed by atoms with Crippen LogP contribution in [0.3, 0.4) is 0 Å². The Morgan fingerprint density at radius 1 is 0.947 bits per heavy atom. The normalized spacial score (nSPS) is 12.3. The smallest absolute Gasteiger partial charge is 0.0880 e. The van der Waals surface area contributed by atoms with E-state index in [9.17, 15) is 5.11 Å². The molecule has 1 atom stereocenters. The Morgan fingerprint density at radius 3 is 2.21 bits per heavy atom. The van der Waals surface area contributed by atoms with Crippen molar-refractivity contribution in [2.75, 3.05) is 11.5 Å². The second-order valence-electron chi connectivity index (χ2n) is 4.58. The molecule has 0 amide bonds. The largest absolute Gasteiger partial charge is 0.388 e. The van der Waals surface area contributed by atoms with Crippen molar-refractivity contribution >= 4 is 11.8 Å². The van der Waals surface area contributed by atoms with Crippen LogP contribution in [0.15, 0.2) is 54.6 Å². The van der Waals surface area contributed by atoms with Gasteiger partial charge in [0, 0.05) is 5.75 Å². The van der Waals surface area contributed by atoms with Crippen molar-refractivity contribution in [3.8, 4) is 11.1 Å². The highest BCUT2D eigenvalue weighted by Crippen LogP contribution is 2.23. The van der Waals surface area contributed by atoms with Crippen molar-refractivity contribution < 1.29 is 5.11 Å². The van der Waals surface area contributed by atoms with Gasteiger partial charge in [0.25, 0.3) is 0 Å². The maximum atomic E-state index is 10.1. The van der Waals surface area contributed by atoms with Crippen molar-refractivity contribution in [1.29, 1.82) is 0 Å². The quantitative estimate of drug-likeness (QED) is 0.780. The molecule has 0 aliphatic heterocycles. The van der Waals surface area contributed by atoms with Gasteiger partial charge in [-0.25, -0.2) is 0 Å². The van der Waals surface area contributed by atoms with Crippen LogP contribution in [0.4, 0.5) is 0 Å². The van der Waals surface area contributed by atoms with Crippen LogP contribution in [0.25, 0.3) is 11.1 Å². The summed E-state index contributed by atoms with van der Waals surface area (Å²) in [6.45, 7) is 2.16. The molecule has 0 bridgehead atoms. The zero-order valence-corrected chi connectivity index (χ0v) is 12.1. The van der Waals surface area contributed by atoms with Crippen LogP contribution in [0.5, 0.6) is 0 Å². The van der Waals surface area contributed by atoms with Gasteiger partial charge in [0.05, 0.1) is 6.10 Å². The zero-order chi connectivity index (χ0) is 13.5. The summed E-state index contributed by atoms with van der Waals surface area (Å²) in [5.41, 5.74) is 3.41. The van der Waals surface area contributed by atoms with Crippen LogP contribution in [0.2, 0.25) is 0 Å². The van der Waals surface area contributed by atoms with Crippen LogP contribution >= 0.6 is 11.8 Å². The lowest BCUT2D eigenvalue weighted by molar-refractivity contribution is 0.204. The first-order valence-electron chi connectivity index (χ1n) is 6.72. The summed E-state index contributed by atoms with van der Waals surface area (Å²) in [4.78, 5) is 0. The van der Waals surface area contributed by atoms with E-state index in [2.05, 4.69) is 31.2 Å². The summed E-state index contributed by atoms with van der Waals surface area (Å²) >= 11 is 1.81. The number of hydrogen-bond acceptors (Lipinski definition) is 2. The number of thioether (sulfide) groups is 1. The molecule has 0 aliphatic rings. The zero-order valence-electron chi connectivity index (χ0n) is 11.3. The summed E-state index contributed by atoms with van der Waals surface area (Å²) in [5, 5.41) is 10.1. The Morgan fingerprint density at radius 2 is 1.58 bits per heavy atom.